The van der Waals surface area contributed by atoms with Crippen molar-refractivity contribution in [2.24, 2.45) is 11.8 Å². The van der Waals surface area contributed by atoms with Gasteiger partial charge < -0.3 is 0 Å². The molecule has 0 N–H and O–H groups in total. The van der Waals surface area contributed by atoms with Gasteiger partial charge in [-0.25, -0.2) is 0 Å². The van der Waals surface area contributed by atoms with E-state index in [0.717, 1.165) is 6.42 Å². The third kappa shape index (κ3) is 1.72. The Labute approximate surface area is 83.9 Å². The smallest absolute Gasteiger partial charge is 0.123 e. The molecule has 2 aliphatic rings. The number of hydrogen-bond acceptors (Lipinski definition) is 1. The van der Waals surface area contributed by atoms with Crippen molar-refractivity contribution in [1.29, 1.82) is 0 Å². The highest BCUT2D eigenvalue weighted by atomic mass is 35.5. The Balaban J connectivity index is 2.25. The summed E-state index contributed by atoms with van der Waals surface area (Å²) in [6.07, 6.45) is 14.0. The lowest BCUT2D eigenvalue weighted by molar-refractivity contribution is 0.215. The number of allylic oxidation sites excluding steroid dienone is 4. The molecular weight excluding hydrogens is 184 g/mol. The van der Waals surface area contributed by atoms with E-state index >= 15 is 0 Å². The topological polar surface area (TPSA) is 9.23 Å². The molecule has 0 heterocycles. The molecule has 0 saturated heterocycles. The van der Waals surface area contributed by atoms with Gasteiger partial charge in [-0.05, 0) is 19.3 Å². The highest BCUT2D eigenvalue weighted by Gasteiger charge is 2.26. The van der Waals surface area contributed by atoms with Crippen LogP contribution >= 0.6 is 11.9 Å². The lowest BCUT2D eigenvalue weighted by Crippen LogP contribution is -2.17. The molecule has 70 valence electrons. The SMILES string of the molecule is CC1(OCl)C=CC2C=CCC2C=C1. The van der Waals surface area contributed by atoms with Crippen molar-refractivity contribution in [1.82, 2.24) is 0 Å². The molecule has 3 unspecified atom stereocenters. The summed E-state index contributed by atoms with van der Waals surface area (Å²) in [4.78, 5) is 0. The first-order chi connectivity index (χ1) is 6.23. The Morgan fingerprint density at radius 1 is 1.31 bits per heavy atom. The summed E-state index contributed by atoms with van der Waals surface area (Å²) >= 11 is 5.43. The van der Waals surface area contributed by atoms with Gasteiger partial charge in [0.1, 0.15) is 5.60 Å². The summed E-state index contributed by atoms with van der Waals surface area (Å²) in [5.41, 5.74) is -0.431. The van der Waals surface area contributed by atoms with Crippen LogP contribution in [0.4, 0.5) is 0 Å². The maximum absolute atomic E-state index is 5.43. The largest absolute Gasteiger partial charge is 0.264 e. The number of fused-ring (bicyclic) bond motifs is 1. The molecule has 2 heteroatoms. The van der Waals surface area contributed by atoms with E-state index in [1.165, 1.54) is 0 Å². The van der Waals surface area contributed by atoms with E-state index in [9.17, 15) is 0 Å². The van der Waals surface area contributed by atoms with Crippen LogP contribution in [0.2, 0.25) is 0 Å². The average Bonchev–Trinajstić information content (AvgIpc) is 2.54. The van der Waals surface area contributed by atoms with Gasteiger partial charge in [-0.3, -0.25) is 4.29 Å². The number of hydrogen-bond donors (Lipinski definition) is 0. The van der Waals surface area contributed by atoms with Crippen molar-refractivity contribution >= 4 is 11.9 Å². The highest BCUT2D eigenvalue weighted by molar-refractivity contribution is 6.07. The molecule has 0 aromatic heterocycles. The molecule has 1 nitrogen and oxygen atoms in total. The second kappa shape index (κ2) is 3.32. The zero-order chi connectivity index (χ0) is 9.31. The summed E-state index contributed by atoms with van der Waals surface area (Å²) in [6.45, 7) is 1.96. The zero-order valence-electron chi connectivity index (χ0n) is 7.61. The number of rotatable bonds is 1. The van der Waals surface area contributed by atoms with E-state index < -0.39 is 5.60 Å². The quantitative estimate of drug-likeness (QED) is 0.585. The van der Waals surface area contributed by atoms with Crippen LogP contribution in [-0.2, 0) is 4.29 Å². The minimum Gasteiger partial charge on any atom is -0.264 e. The molecule has 0 amide bonds. The van der Waals surface area contributed by atoms with E-state index in [1.807, 2.05) is 19.1 Å². The van der Waals surface area contributed by atoms with E-state index in [1.54, 1.807) is 0 Å². The Bertz CT molecular complexity index is 280. The van der Waals surface area contributed by atoms with Gasteiger partial charge in [0, 0.05) is 5.92 Å². The second-order valence-electron chi connectivity index (χ2n) is 3.88. The molecule has 0 aromatic rings. The third-order valence-corrected chi connectivity index (χ3v) is 3.08. The van der Waals surface area contributed by atoms with Gasteiger partial charge in [0.25, 0.3) is 0 Å². The van der Waals surface area contributed by atoms with Gasteiger partial charge in [0.2, 0.25) is 0 Å². The van der Waals surface area contributed by atoms with Gasteiger partial charge in [-0.1, -0.05) is 36.5 Å². The van der Waals surface area contributed by atoms with Gasteiger partial charge >= 0.3 is 0 Å². The maximum Gasteiger partial charge on any atom is 0.123 e. The standard InChI is InChI=1S/C11H13ClO/c1-11(13-12)7-5-9-3-2-4-10(9)6-8-11/h2-3,5-10H,4H2,1H3. The van der Waals surface area contributed by atoms with E-state index in [0.29, 0.717) is 11.8 Å². The highest BCUT2D eigenvalue weighted by Crippen LogP contribution is 2.32. The van der Waals surface area contributed by atoms with Crippen LogP contribution in [0.3, 0.4) is 0 Å². The molecule has 0 aliphatic heterocycles. The first kappa shape index (κ1) is 9.04. The van der Waals surface area contributed by atoms with E-state index in [-0.39, 0.29) is 0 Å². The Morgan fingerprint density at radius 2 is 2.08 bits per heavy atom. The molecule has 0 aromatic carbocycles. The zero-order valence-corrected chi connectivity index (χ0v) is 8.37. The molecule has 3 atom stereocenters. The van der Waals surface area contributed by atoms with Crippen LogP contribution in [0.25, 0.3) is 0 Å². The molecule has 0 fully saturated rings. The van der Waals surface area contributed by atoms with Crippen LogP contribution in [-0.4, -0.2) is 5.60 Å². The van der Waals surface area contributed by atoms with E-state index in [2.05, 4.69) is 24.3 Å². The molecular formula is C11H13ClO. The summed E-state index contributed by atoms with van der Waals surface area (Å²) in [7, 11) is 0. The Kier molecular flexibility index (Phi) is 2.31. The van der Waals surface area contributed by atoms with Crippen molar-refractivity contribution in [2.45, 2.75) is 18.9 Å². The Morgan fingerprint density at radius 3 is 2.85 bits per heavy atom. The molecule has 2 rings (SSSR count). The third-order valence-electron chi connectivity index (χ3n) is 2.75. The fourth-order valence-corrected chi connectivity index (χ4v) is 1.93. The molecule has 0 bridgehead atoms. The van der Waals surface area contributed by atoms with Gasteiger partial charge in [0.15, 0.2) is 0 Å². The number of halogens is 1. The van der Waals surface area contributed by atoms with Crippen molar-refractivity contribution in [3.63, 3.8) is 0 Å². The fraction of sp³-hybridized carbons (Fsp3) is 0.455. The lowest BCUT2D eigenvalue weighted by Gasteiger charge is -2.15. The molecule has 0 saturated carbocycles. The minimum absolute atomic E-state index is 0.431. The average molecular weight is 197 g/mol. The van der Waals surface area contributed by atoms with Crippen LogP contribution in [0, 0.1) is 11.8 Å². The molecule has 0 spiro atoms. The summed E-state index contributed by atoms with van der Waals surface area (Å²) in [6, 6.07) is 0. The van der Waals surface area contributed by atoms with Gasteiger partial charge in [0.05, 0.1) is 11.9 Å². The first-order valence-electron chi connectivity index (χ1n) is 4.59. The Hall–Kier alpha value is -0.530. The minimum atomic E-state index is -0.431. The maximum atomic E-state index is 5.43. The molecule has 0 radical (unpaired) electrons. The first-order valence-corrected chi connectivity index (χ1v) is 4.89. The monoisotopic (exact) mass is 196 g/mol. The lowest BCUT2D eigenvalue weighted by atomic mass is 9.96. The van der Waals surface area contributed by atoms with Crippen molar-refractivity contribution < 1.29 is 4.29 Å². The summed E-state index contributed by atoms with van der Waals surface area (Å²) in [5.74, 6) is 1.13. The van der Waals surface area contributed by atoms with Crippen molar-refractivity contribution in [2.75, 3.05) is 0 Å². The van der Waals surface area contributed by atoms with Crippen LogP contribution in [0.15, 0.2) is 36.5 Å². The second-order valence-corrected chi connectivity index (χ2v) is 4.04. The van der Waals surface area contributed by atoms with Gasteiger partial charge in [-0.15, -0.1) is 0 Å². The van der Waals surface area contributed by atoms with Gasteiger partial charge in [-0.2, -0.15) is 0 Å². The predicted octanol–water partition coefficient (Wildman–Crippen LogP) is 3.23. The normalized spacial score (nSPS) is 42.0. The molecule has 2 aliphatic carbocycles. The van der Waals surface area contributed by atoms with Crippen LogP contribution in [0.5, 0.6) is 0 Å². The molecule has 13 heavy (non-hydrogen) atoms. The van der Waals surface area contributed by atoms with Crippen LogP contribution < -0.4 is 0 Å². The van der Waals surface area contributed by atoms with Crippen molar-refractivity contribution in [3.8, 4) is 0 Å². The van der Waals surface area contributed by atoms with Crippen molar-refractivity contribution in [3.05, 3.63) is 36.5 Å². The van der Waals surface area contributed by atoms with E-state index in [4.69, 9.17) is 16.2 Å². The van der Waals surface area contributed by atoms with Crippen LogP contribution in [0.1, 0.15) is 13.3 Å². The fourth-order valence-electron chi connectivity index (χ4n) is 1.83. The predicted molar refractivity (Wildman–Crippen MR) is 54.4 cm³/mol. The summed E-state index contributed by atoms with van der Waals surface area (Å²) in [5, 5.41) is 0. The summed E-state index contributed by atoms with van der Waals surface area (Å²) < 4.78 is 4.90.